The number of aromatic nitrogens is 3. The second-order valence-corrected chi connectivity index (χ2v) is 16.8. The Kier molecular flexibility index (Phi) is 19.9. The van der Waals surface area contributed by atoms with Gasteiger partial charge in [0, 0.05) is 55.9 Å². The SMILES string of the molecule is CCOCc1nc2c(N)nc3ccccc3c2n1CC(C)(C)OCCNC(=O)CNC(=O)OCc1ccc(NC(=O)[C@H](CCCNC(N)=O)NC(=O)CNC(=O)CCCCCN2C(=O)C=CC2=O)cc1. The summed E-state index contributed by atoms with van der Waals surface area (Å²) in [5, 5.41) is 16.3. The molecule has 4 aromatic rings. The highest BCUT2D eigenvalue weighted by atomic mass is 16.5. The van der Waals surface area contributed by atoms with Crippen molar-refractivity contribution in [2.75, 3.05) is 57.0 Å². The summed E-state index contributed by atoms with van der Waals surface area (Å²) in [7, 11) is 0. The van der Waals surface area contributed by atoms with Crippen molar-refractivity contribution in [2.45, 2.75) is 90.7 Å². The molecule has 0 bridgehead atoms. The third-order valence-electron chi connectivity index (χ3n) is 10.8. The molecule has 376 valence electrons. The molecule has 1 atom stereocenters. The van der Waals surface area contributed by atoms with E-state index in [9.17, 15) is 38.4 Å². The molecule has 0 saturated carbocycles. The lowest BCUT2D eigenvalue weighted by molar-refractivity contribution is -0.137. The Morgan fingerprint density at radius 1 is 0.800 bits per heavy atom. The number of nitrogens with two attached hydrogens (primary N) is 2. The van der Waals surface area contributed by atoms with E-state index < -0.39 is 41.5 Å². The van der Waals surface area contributed by atoms with E-state index in [2.05, 4.69) is 36.9 Å². The van der Waals surface area contributed by atoms with Crippen LogP contribution in [-0.2, 0) is 62.7 Å². The molecule has 1 aliphatic rings. The highest BCUT2D eigenvalue weighted by molar-refractivity contribution is 6.13. The van der Waals surface area contributed by atoms with Crippen LogP contribution in [0.2, 0.25) is 0 Å². The van der Waals surface area contributed by atoms with Gasteiger partial charge < -0.3 is 62.1 Å². The number of hydrogen-bond donors (Lipinski definition) is 8. The van der Waals surface area contributed by atoms with Gasteiger partial charge in [-0.15, -0.1) is 0 Å². The average molecular weight is 971 g/mol. The van der Waals surface area contributed by atoms with Crippen LogP contribution in [0.1, 0.15) is 70.7 Å². The van der Waals surface area contributed by atoms with Crippen molar-refractivity contribution in [3.05, 3.63) is 72.1 Å². The van der Waals surface area contributed by atoms with Gasteiger partial charge in [-0.05, 0) is 70.2 Å². The van der Waals surface area contributed by atoms with Crippen LogP contribution in [0.15, 0.2) is 60.7 Å². The number of anilines is 2. The Balaban J connectivity index is 0.997. The fourth-order valence-electron chi connectivity index (χ4n) is 7.33. The van der Waals surface area contributed by atoms with Gasteiger partial charge in [0.05, 0.1) is 42.9 Å². The Labute approximate surface area is 404 Å². The molecule has 0 spiro atoms. The van der Waals surface area contributed by atoms with Gasteiger partial charge in [-0.2, -0.15) is 0 Å². The molecular weight excluding hydrogens is 909 g/mol. The van der Waals surface area contributed by atoms with Crippen molar-refractivity contribution in [2.24, 2.45) is 5.73 Å². The minimum Gasteiger partial charge on any atom is -0.445 e. The minimum atomic E-state index is -1.04. The lowest BCUT2D eigenvalue weighted by Gasteiger charge is -2.27. The lowest BCUT2D eigenvalue weighted by atomic mass is 10.1. The summed E-state index contributed by atoms with van der Waals surface area (Å²) < 4.78 is 19.2. The predicted octanol–water partition coefficient (Wildman–Crippen LogP) is 2.01. The Morgan fingerprint density at radius 2 is 1.53 bits per heavy atom. The van der Waals surface area contributed by atoms with Crippen molar-refractivity contribution >= 4 is 81.0 Å². The molecule has 1 aliphatic heterocycles. The fourth-order valence-corrected chi connectivity index (χ4v) is 7.33. The topological polar surface area (TPSA) is 322 Å². The highest BCUT2D eigenvalue weighted by Gasteiger charge is 2.26. The van der Waals surface area contributed by atoms with E-state index >= 15 is 0 Å². The quantitative estimate of drug-likeness (QED) is 0.0298. The molecule has 9 amide bonds. The first-order valence-electron chi connectivity index (χ1n) is 23.0. The molecule has 10 N–H and O–H groups in total. The number of rotatable bonds is 28. The summed E-state index contributed by atoms with van der Waals surface area (Å²) in [5.41, 5.74) is 13.9. The van der Waals surface area contributed by atoms with E-state index in [4.69, 9.17) is 30.7 Å². The Bertz CT molecular complexity index is 2530. The number of carbonyl (C=O) groups excluding carboxylic acids is 8. The number of hydrogen-bond acceptors (Lipinski definition) is 14. The Hall–Kier alpha value is -7.66. The van der Waals surface area contributed by atoms with Crippen molar-refractivity contribution in [1.82, 2.24) is 46.0 Å². The summed E-state index contributed by atoms with van der Waals surface area (Å²) in [6.45, 7) is 6.84. The first-order valence-corrected chi connectivity index (χ1v) is 23.0. The molecule has 0 radical (unpaired) electrons. The molecule has 5 rings (SSSR count). The summed E-state index contributed by atoms with van der Waals surface area (Å²) in [6, 6.07) is 12.3. The number of imide groups is 1. The van der Waals surface area contributed by atoms with Gasteiger partial charge in [-0.3, -0.25) is 33.7 Å². The second-order valence-electron chi connectivity index (χ2n) is 16.8. The van der Waals surface area contributed by atoms with E-state index in [0.717, 1.165) is 21.3 Å². The number of carbonyl (C=O) groups is 8. The fraction of sp³-hybridized carbons (Fsp3) is 0.447. The number of benzene rings is 2. The van der Waals surface area contributed by atoms with Gasteiger partial charge >= 0.3 is 12.1 Å². The number of urea groups is 1. The van der Waals surface area contributed by atoms with E-state index in [1.54, 1.807) is 24.3 Å². The van der Waals surface area contributed by atoms with Gasteiger partial charge in [0.15, 0.2) is 5.82 Å². The van der Waals surface area contributed by atoms with Crippen LogP contribution in [0.4, 0.5) is 21.1 Å². The van der Waals surface area contributed by atoms with E-state index in [1.165, 1.54) is 12.2 Å². The molecule has 0 aliphatic carbocycles. The van der Waals surface area contributed by atoms with Crippen LogP contribution in [0, 0.1) is 0 Å². The standard InChI is InChI=1S/C47H62N12O11/c1-4-68-28-35-57-41-42(32-11-7-8-12-33(32)56-43(41)48)59(35)29-47(2,3)70-24-22-50-37(61)25-53-46(67)69-27-30-15-17-31(18-16-30)54-44(65)34(13-10-21-51-45(49)66)55-38(62)26-52-36(60)14-6-5-9-23-58-39(63)19-20-40(58)64/h7-8,11-12,15-20,34H,4-6,9-10,13-14,21-29H2,1-3H3,(H2,48,56)(H,50,61)(H,52,60)(H,53,67)(H,54,65)(H,55,62)(H3,49,51,66)/t34-/m0/s1. The average Bonchev–Trinajstić information content (AvgIpc) is 3.85. The maximum absolute atomic E-state index is 13.3. The van der Waals surface area contributed by atoms with E-state index in [-0.39, 0.29) is 83.1 Å². The zero-order chi connectivity index (χ0) is 50.6. The number of alkyl carbamates (subject to hydrolysis) is 1. The van der Waals surface area contributed by atoms with Gasteiger partial charge in [0.25, 0.3) is 11.8 Å². The number of nitrogens with zero attached hydrogens (tertiary/aromatic N) is 4. The maximum Gasteiger partial charge on any atom is 0.407 e. The molecular formula is C47H62N12O11. The number of primary amides is 1. The van der Waals surface area contributed by atoms with Gasteiger partial charge in [0.2, 0.25) is 23.6 Å². The van der Waals surface area contributed by atoms with Gasteiger partial charge in [-0.1, -0.05) is 36.8 Å². The van der Waals surface area contributed by atoms with Crippen LogP contribution in [0.5, 0.6) is 0 Å². The summed E-state index contributed by atoms with van der Waals surface area (Å²) >= 11 is 0. The molecule has 23 nitrogen and oxygen atoms in total. The third-order valence-corrected chi connectivity index (χ3v) is 10.8. The monoisotopic (exact) mass is 970 g/mol. The molecule has 0 fully saturated rings. The number of nitrogen functional groups attached to an aromatic ring is 1. The summed E-state index contributed by atoms with van der Waals surface area (Å²) in [5.74, 6) is -1.74. The molecule has 70 heavy (non-hydrogen) atoms. The van der Waals surface area contributed by atoms with Crippen molar-refractivity contribution in [3.8, 4) is 0 Å². The maximum atomic E-state index is 13.3. The normalized spacial score (nSPS) is 12.8. The Morgan fingerprint density at radius 3 is 2.26 bits per heavy atom. The largest absolute Gasteiger partial charge is 0.445 e. The minimum absolute atomic E-state index is 0.119. The summed E-state index contributed by atoms with van der Waals surface area (Å²) in [4.78, 5) is 108. The number of imidazole rings is 1. The van der Waals surface area contributed by atoms with Crippen molar-refractivity contribution in [3.63, 3.8) is 0 Å². The predicted molar refractivity (Wildman–Crippen MR) is 257 cm³/mol. The van der Waals surface area contributed by atoms with Gasteiger partial charge in [-0.25, -0.2) is 19.6 Å². The van der Waals surface area contributed by atoms with Crippen molar-refractivity contribution in [1.29, 1.82) is 0 Å². The number of fused-ring (bicyclic) bond motifs is 3. The van der Waals surface area contributed by atoms with Crippen molar-refractivity contribution < 1.29 is 52.6 Å². The number of nitrogens with one attached hydrogen (secondary N) is 6. The molecule has 0 unspecified atom stereocenters. The van der Waals surface area contributed by atoms with E-state index in [0.29, 0.717) is 67.2 Å². The molecule has 0 saturated heterocycles. The number of para-hydroxylation sites is 1. The number of pyridine rings is 1. The van der Waals surface area contributed by atoms with Crippen LogP contribution in [0.25, 0.3) is 21.9 Å². The first-order chi connectivity index (χ1) is 33.5. The smallest absolute Gasteiger partial charge is 0.407 e. The van der Waals surface area contributed by atoms with Crippen LogP contribution in [-0.4, -0.2) is 125 Å². The first kappa shape index (κ1) is 53.3. The zero-order valence-electron chi connectivity index (χ0n) is 39.6. The number of unbranched alkanes of at least 4 members (excludes halogenated alkanes) is 2. The molecule has 23 heteroatoms. The van der Waals surface area contributed by atoms with Gasteiger partial charge in [0.1, 0.15) is 30.6 Å². The number of amides is 9. The summed E-state index contributed by atoms with van der Waals surface area (Å²) in [6.07, 6.45) is 3.73. The molecule has 2 aromatic heterocycles. The van der Waals surface area contributed by atoms with E-state index in [1.807, 2.05) is 49.6 Å². The van der Waals surface area contributed by atoms with Crippen LogP contribution in [0.3, 0.4) is 0 Å². The zero-order valence-corrected chi connectivity index (χ0v) is 39.6. The third kappa shape index (κ3) is 16.5. The lowest BCUT2D eigenvalue weighted by Crippen LogP contribution is -2.47. The van der Waals surface area contributed by atoms with Crippen LogP contribution >= 0.6 is 0 Å². The molecule has 3 heterocycles. The molecule has 2 aromatic carbocycles. The number of ether oxygens (including phenoxy) is 3. The highest BCUT2D eigenvalue weighted by Crippen LogP contribution is 2.31. The second kappa shape index (κ2) is 26.2. The van der Waals surface area contributed by atoms with Crippen LogP contribution < -0.4 is 43.4 Å².